The van der Waals surface area contributed by atoms with Crippen LogP contribution in [-0.2, 0) is 22.7 Å². The smallest absolute Gasteiger partial charge is 0.349 e. The summed E-state index contributed by atoms with van der Waals surface area (Å²) >= 11 is 0. The number of carbonyl (C=O) groups excluding carboxylic acids is 3. The average Bonchev–Trinajstić information content (AvgIpc) is 3.28. The van der Waals surface area contributed by atoms with Crippen molar-refractivity contribution >= 4 is 34.6 Å². The lowest BCUT2D eigenvalue weighted by Crippen LogP contribution is -2.44. The van der Waals surface area contributed by atoms with Crippen LogP contribution >= 0.6 is 0 Å². The number of benzene rings is 2. The fourth-order valence-corrected chi connectivity index (χ4v) is 5.30. The summed E-state index contributed by atoms with van der Waals surface area (Å²) in [5.41, 5.74) is 2.54. The number of piperidine rings is 1. The van der Waals surface area contributed by atoms with Gasteiger partial charge in [0, 0.05) is 38.8 Å². The van der Waals surface area contributed by atoms with Crippen LogP contribution in [0.5, 0.6) is 5.75 Å². The molecular weight excluding hydrogens is 482 g/mol. The van der Waals surface area contributed by atoms with Gasteiger partial charge in [-0.25, -0.2) is 14.8 Å². The highest BCUT2D eigenvalue weighted by molar-refractivity contribution is 6.15. The highest BCUT2D eigenvalue weighted by Gasteiger charge is 2.34. The number of aromatic nitrogens is 2. The predicted octanol–water partition coefficient (Wildman–Crippen LogP) is 4.30. The fraction of sp³-hybridized carbons (Fsp3) is 0.414. The molecule has 3 aromatic rings. The number of carbonyl (C=O) groups is 3. The van der Waals surface area contributed by atoms with E-state index in [2.05, 4.69) is 15.6 Å². The molecule has 2 aromatic carbocycles. The highest BCUT2D eigenvalue weighted by Crippen LogP contribution is 2.26. The Morgan fingerprint density at radius 3 is 2.50 bits per heavy atom. The maximum absolute atomic E-state index is 12.9. The summed E-state index contributed by atoms with van der Waals surface area (Å²) in [6, 6.07) is 17.3. The quantitative estimate of drug-likeness (QED) is 0.446. The van der Waals surface area contributed by atoms with Crippen molar-refractivity contribution in [3.63, 3.8) is 0 Å². The summed E-state index contributed by atoms with van der Waals surface area (Å²) in [6.45, 7) is 4.27. The van der Waals surface area contributed by atoms with Gasteiger partial charge in [0.2, 0.25) is 11.8 Å². The number of para-hydroxylation sites is 3. The molecule has 0 spiro atoms. The first-order valence-corrected chi connectivity index (χ1v) is 13.2. The summed E-state index contributed by atoms with van der Waals surface area (Å²) in [5, 5.41) is 0. The molecule has 0 N–H and O–H groups in total. The van der Waals surface area contributed by atoms with Crippen LogP contribution in [-0.4, -0.2) is 63.0 Å². The number of fused-ring (bicyclic) bond motifs is 1. The van der Waals surface area contributed by atoms with Crippen molar-refractivity contribution in [2.24, 2.45) is 16.8 Å². The van der Waals surface area contributed by atoms with Gasteiger partial charge in [0.05, 0.1) is 17.0 Å². The van der Waals surface area contributed by atoms with Crippen molar-refractivity contribution in [1.82, 2.24) is 19.4 Å². The second kappa shape index (κ2) is 11.2. The zero-order valence-corrected chi connectivity index (χ0v) is 21.9. The molecule has 0 bridgehead atoms. The maximum atomic E-state index is 12.9. The standard InChI is InChI=1S/C29H33N5O4/c1-20-23(28(36)32(2)29(37)30-20)12-13-27(35)33-16-14-21(15-17-33)18-34-25-11-7-6-10-24(25)31-26(34)19-38-22-8-4-3-5-9-22/h3-11,21,23H,12-19H2,1-2H3. The van der Waals surface area contributed by atoms with E-state index in [0.29, 0.717) is 37.7 Å². The first-order valence-electron chi connectivity index (χ1n) is 13.2. The second-order valence-corrected chi connectivity index (χ2v) is 10.1. The van der Waals surface area contributed by atoms with E-state index >= 15 is 0 Å². The fourth-order valence-electron chi connectivity index (χ4n) is 5.30. The van der Waals surface area contributed by atoms with Gasteiger partial charge in [-0.2, -0.15) is 0 Å². The Labute approximate surface area is 222 Å². The molecule has 1 atom stereocenters. The molecule has 9 nitrogen and oxygen atoms in total. The minimum atomic E-state index is -0.544. The van der Waals surface area contributed by atoms with E-state index in [0.717, 1.165) is 46.9 Å². The van der Waals surface area contributed by atoms with Crippen LogP contribution in [0, 0.1) is 11.8 Å². The normalized spacial score (nSPS) is 18.7. The van der Waals surface area contributed by atoms with Crippen LogP contribution in [0.25, 0.3) is 11.0 Å². The molecule has 2 aliphatic rings. The van der Waals surface area contributed by atoms with Crippen molar-refractivity contribution in [3.05, 3.63) is 60.4 Å². The van der Waals surface area contributed by atoms with E-state index < -0.39 is 11.9 Å². The largest absolute Gasteiger partial charge is 0.486 e. The summed E-state index contributed by atoms with van der Waals surface area (Å²) in [6.07, 6.45) is 2.44. The van der Waals surface area contributed by atoms with E-state index in [9.17, 15) is 14.4 Å². The molecule has 1 saturated heterocycles. The highest BCUT2D eigenvalue weighted by atomic mass is 16.5. The third kappa shape index (κ3) is 5.46. The van der Waals surface area contributed by atoms with E-state index in [1.54, 1.807) is 6.92 Å². The van der Waals surface area contributed by atoms with E-state index in [-0.39, 0.29) is 18.2 Å². The van der Waals surface area contributed by atoms with Crippen LogP contribution < -0.4 is 4.74 Å². The van der Waals surface area contributed by atoms with Gasteiger partial charge in [-0.1, -0.05) is 30.3 Å². The zero-order chi connectivity index (χ0) is 26.6. The third-order valence-electron chi connectivity index (χ3n) is 7.59. The molecular formula is C29H33N5O4. The molecule has 5 rings (SSSR count). The Morgan fingerprint density at radius 1 is 1.03 bits per heavy atom. The van der Waals surface area contributed by atoms with Crippen molar-refractivity contribution in [2.45, 2.75) is 45.8 Å². The Bertz CT molecular complexity index is 1360. The average molecular weight is 516 g/mol. The number of amides is 4. The van der Waals surface area contributed by atoms with Gasteiger partial charge in [-0.3, -0.25) is 14.5 Å². The number of hydrogen-bond donors (Lipinski definition) is 0. The minimum absolute atomic E-state index is 0.0497. The van der Waals surface area contributed by atoms with Gasteiger partial charge in [-0.15, -0.1) is 0 Å². The number of imidazole rings is 1. The van der Waals surface area contributed by atoms with Crippen LogP contribution in [0.3, 0.4) is 0 Å². The number of urea groups is 1. The molecule has 0 radical (unpaired) electrons. The van der Waals surface area contributed by atoms with Crippen LogP contribution in [0.2, 0.25) is 0 Å². The Hall–Kier alpha value is -4.01. The summed E-state index contributed by atoms with van der Waals surface area (Å²) in [4.78, 5) is 48.8. The number of ether oxygens (including phenoxy) is 1. The maximum Gasteiger partial charge on any atom is 0.349 e. The van der Waals surface area contributed by atoms with Gasteiger partial charge in [0.25, 0.3) is 0 Å². The molecule has 0 aliphatic carbocycles. The monoisotopic (exact) mass is 515 g/mol. The number of likely N-dealkylation sites (tertiary alicyclic amines) is 1. The molecule has 1 unspecified atom stereocenters. The Morgan fingerprint density at radius 2 is 1.74 bits per heavy atom. The second-order valence-electron chi connectivity index (χ2n) is 10.1. The topological polar surface area (TPSA) is 97.1 Å². The lowest BCUT2D eigenvalue weighted by molar-refractivity contribution is -0.133. The first kappa shape index (κ1) is 25.6. The molecule has 2 aliphatic heterocycles. The van der Waals surface area contributed by atoms with Crippen molar-refractivity contribution in [2.75, 3.05) is 20.1 Å². The van der Waals surface area contributed by atoms with Gasteiger partial charge in [-0.05, 0) is 56.4 Å². The number of rotatable bonds is 8. The molecule has 38 heavy (non-hydrogen) atoms. The van der Waals surface area contributed by atoms with Gasteiger partial charge in [0.15, 0.2) is 0 Å². The molecule has 4 amide bonds. The summed E-state index contributed by atoms with van der Waals surface area (Å²) < 4.78 is 8.27. The minimum Gasteiger partial charge on any atom is -0.486 e. The van der Waals surface area contributed by atoms with Crippen LogP contribution in [0.15, 0.2) is 59.6 Å². The Balaban J connectivity index is 1.18. The molecule has 198 valence electrons. The number of hydrogen-bond acceptors (Lipinski definition) is 5. The number of nitrogens with zero attached hydrogens (tertiary/aromatic N) is 5. The molecule has 9 heteroatoms. The molecule has 0 saturated carbocycles. The Kier molecular flexibility index (Phi) is 7.53. The van der Waals surface area contributed by atoms with E-state index in [4.69, 9.17) is 9.72 Å². The molecule has 3 heterocycles. The van der Waals surface area contributed by atoms with Gasteiger partial charge >= 0.3 is 6.03 Å². The zero-order valence-electron chi connectivity index (χ0n) is 21.9. The molecule has 1 aromatic heterocycles. The lowest BCUT2D eigenvalue weighted by Gasteiger charge is -2.33. The predicted molar refractivity (Wildman–Crippen MR) is 144 cm³/mol. The SMILES string of the molecule is CC1=NC(=O)N(C)C(=O)C1CCC(=O)N1CCC(Cn2c(COc3ccccc3)nc3ccccc32)CC1. The van der Waals surface area contributed by atoms with E-state index in [1.165, 1.54) is 7.05 Å². The lowest BCUT2D eigenvalue weighted by atomic mass is 9.93. The van der Waals surface area contributed by atoms with Crippen molar-refractivity contribution < 1.29 is 19.1 Å². The summed E-state index contributed by atoms with van der Waals surface area (Å²) in [7, 11) is 1.43. The number of imide groups is 1. The number of aliphatic imine (C=N–C) groups is 1. The van der Waals surface area contributed by atoms with Crippen LogP contribution in [0.1, 0.15) is 38.4 Å². The van der Waals surface area contributed by atoms with Gasteiger partial charge in [0.1, 0.15) is 18.2 Å². The van der Waals surface area contributed by atoms with Crippen molar-refractivity contribution in [1.29, 1.82) is 0 Å². The van der Waals surface area contributed by atoms with E-state index in [1.807, 2.05) is 53.4 Å². The first-order chi connectivity index (χ1) is 18.4. The third-order valence-corrected chi connectivity index (χ3v) is 7.59. The van der Waals surface area contributed by atoms with Gasteiger partial charge < -0.3 is 14.2 Å². The van der Waals surface area contributed by atoms with Crippen molar-refractivity contribution in [3.8, 4) is 5.75 Å². The summed E-state index contributed by atoms with van der Waals surface area (Å²) in [5.74, 6) is 1.38. The van der Waals surface area contributed by atoms with Crippen LogP contribution in [0.4, 0.5) is 4.79 Å². The molecule has 1 fully saturated rings.